The highest BCUT2D eigenvalue weighted by Crippen LogP contribution is 2.36. The second-order valence-corrected chi connectivity index (χ2v) is 5.38. The number of halogens is 2. The average molecular weight is 304 g/mol. The van der Waals surface area contributed by atoms with E-state index in [9.17, 15) is 14.7 Å². The summed E-state index contributed by atoms with van der Waals surface area (Å²) in [6, 6.07) is 2.93. The van der Waals surface area contributed by atoms with Crippen molar-refractivity contribution < 1.29 is 14.7 Å². The number of hydrogen-bond donors (Lipinski definition) is 1. The second kappa shape index (κ2) is 4.84. The minimum Gasteiger partial charge on any atom is -0.505 e. The van der Waals surface area contributed by atoms with Crippen molar-refractivity contribution in [2.24, 2.45) is 0 Å². The maximum absolute atomic E-state index is 11.7. The van der Waals surface area contributed by atoms with E-state index in [-0.39, 0.29) is 26.9 Å². The van der Waals surface area contributed by atoms with Gasteiger partial charge in [0.25, 0.3) is 11.1 Å². The predicted molar refractivity (Wildman–Crippen MR) is 71.9 cm³/mol. The van der Waals surface area contributed by atoms with Crippen LogP contribution in [0.25, 0.3) is 6.08 Å². The predicted octanol–water partition coefficient (Wildman–Crippen LogP) is 3.37. The summed E-state index contributed by atoms with van der Waals surface area (Å²) in [6.45, 7) is 0. The molecule has 2 amide bonds. The summed E-state index contributed by atoms with van der Waals surface area (Å²) in [7, 11) is 1.41. The third-order valence-electron chi connectivity index (χ3n) is 2.32. The number of hydrogen-bond acceptors (Lipinski definition) is 4. The topological polar surface area (TPSA) is 57.6 Å². The molecule has 7 heteroatoms. The highest BCUT2D eigenvalue weighted by molar-refractivity contribution is 8.18. The summed E-state index contributed by atoms with van der Waals surface area (Å²) >= 11 is 12.4. The van der Waals surface area contributed by atoms with Crippen LogP contribution in [0.3, 0.4) is 0 Å². The molecule has 1 aromatic rings. The largest absolute Gasteiger partial charge is 0.505 e. The molecule has 1 aliphatic rings. The van der Waals surface area contributed by atoms with Gasteiger partial charge >= 0.3 is 0 Å². The molecule has 0 unspecified atom stereocenters. The van der Waals surface area contributed by atoms with Crippen molar-refractivity contribution in [2.75, 3.05) is 7.05 Å². The summed E-state index contributed by atoms with van der Waals surface area (Å²) in [5, 5.41) is 9.25. The standard InChI is InChI=1S/C11H7Cl2NO3S/c1-14-10(16)8(18-11(14)17)4-5-2-6(12)9(15)7(13)3-5/h2-4,15H,1H3/b8-4-. The summed E-state index contributed by atoms with van der Waals surface area (Å²) in [5.41, 5.74) is 0.543. The van der Waals surface area contributed by atoms with Gasteiger partial charge in [-0.1, -0.05) is 23.2 Å². The number of aromatic hydroxyl groups is 1. The second-order valence-electron chi connectivity index (χ2n) is 3.57. The van der Waals surface area contributed by atoms with Crippen LogP contribution in [0.1, 0.15) is 5.56 Å². The van der Waals surface area contributed by atoms with Crippen LogP contribution in [0.2, 0.25) is 10.0 Å². The first-order valence-electron chi connectivity index (χ1n) is 4.79. The molecule has 94 valence electrons. The Morgan fingerprint density at radius 2 is 1.83 bits per heavy atom. The lowest BCUT2D eigenvalue weighted by Crippen LogP contribution is -2.22. The number of nitrogens with zero attached hydrogens (tertiary/aromatic N) is 1. The van der Waals surface area contributed by atoms with Gasteiger partial charge in [-0.2, -0.15) is 0 Å². The Bertz CT molecular complexity index is 563. The van der Waals surface area contributed by atoms with Crippen LogP contribution in [0.15, 0.2) is 17.0 Å². The molecule has 1 aromatic carbocycles. The van der Waals surface area contributed by atoms with E-state index in [1.54, 1.807) is 0 Å². The number of carbonyl (C=O) groups excluding carboxylic acids is 2. The van der Waals surface area contributed by atoms with Gasteiger partial charge < -0.3 is 5.11 Å². The third kappa shape index (κ3) is 2.34. The van der Waals surface area contributed by atoms with Crippen molar-refractivity contribution in [1.29, 1.82) is 0 Å². The van der Waals surface area contributed by atoms with E-state index in [0.717, 1.165) is 16.7 Å². The minimum atomic E-state index is -0.370. The fourth-order valence-electron chi connectivity index (χ4n) is 1.37. The zero-order chi connectivity index (χ0) is 13.4. The van der Waals surface area contributed by atoms with Gasteiger partial charge in [0.15, 0.2) is 5.75 Å². The molecule has 0 atom stereocenters. The van der Waals surface area contributed by atoms with E-state index >= 15 is 0 Å². The third-order valence-corrected chi connectivity index (χ3v) is 3.86. The molecule has 0 saturated carbocycles. The van der Waals surface area contributed by atoms with Gasteiger partial charge in [-0.05, 0) is 35.5 Å². The van der Waals surface area contributed by atoms with E-state index < -0.39 is 0 Å². The lowest BCUT2D eigenvalue weighted by atomic mass is 10.2. The minimum absolute atomic E-state index is 0.0875. The average Bonchev–Trinajstić information content (AvgIpc) is 2.54. The van der Waals surface area contributed by atoms with Gasteiger partial charge in [0, 0.05) is 7.05 Å². The highest BCUT2D eigenvalue weighted by Gasteiger charge is 2.31. The number of likely N-dealkylation sites (N-methyl/N-ethyl adjacent to an activating group) is 1. The SMILES string of the molecule is CN1C(=O)S/C(=C\c2cc(Cl)c(O)c(Cl)c2)C1=O. The van der Waals surface area contributed by atoms with E-state index in [0.29, 0.717) is 10.5 Å². The number of rotatable bonds is 1. The first-order chi connectivity index (χ1) is 8.40. The van der Waals surface area contributed by atoms with Crippen LogP contribution >= 0.6 is 35.0 Å². The van der Waals surface area contributed by atoms with Gasteiger partial charge in [0.1, 0.15) is 0 Å². The van der Waals surface area contributed by atoms with E-state index in [2.05, 4.69) is 0 Å². The summed E-state index contributed by atoms with van der Waals surface area (Å²) < 4.78 is 0. The zero-order valence-electron chi connectivity index (χ0n) is 9.11. The van der Waals surface area contributed by atoms with Gasteiger partial charge in [-0.15, -0.1) is 0 Å². The van der Waals surface area contributed by atoms with Crippen molar-refractivity contribution in [1.82, 2.24) is 4.90 Å². The smallest absolute Gasteiger partial charge is 0.293 e. The van der Waals surface area contributed by atoms with Crippen LogP contribution < -0.4 is 0 Å². The molecular weight excluding hydrogens is 297 g/mol. The number of imide groups is 1. The molecule has 1 aliphatic heterocycles. The molecule has 0 spiro atoms. The molecule has 2 rings (SSSR count). The normalized spacial score (nSPS) is 17.9. The molecule has 4 nitrogen and oxygen atoms in total. The fraction of sp³-hybridized carbons (Fsp3) is 0.0909. The number of amides is 2. The monoisotopic (exact) mass is 303 g/mol. The van der Waals surface area contributed by atoms with Crippen molar-refractivity contribution in [3.05, 3.63) is 32.6 Å². The Kier molecular flexibility index (Phi) is 3.56. The fourth-order valence-corrected chi connectivity index (χ4v) is 2.70. The van der Waals surface area contributed by atoms with Crippen LogP contribution in [-0.2, 0) is 4.79 Å². The molecule has 1 N–H and O–H groups in total. The quantitative estimate of drug-likeness (QED) is 0.808. The first kappa shape index (κ1) is 13.3. The van der Waals surface area contributed by atoms with Gasteiger partial charge in [0.05, 0.1) is 15.0 Å². The Hall–Kier alpha value is -1.17. The van der Waals surface area contributed by atoms with Crippen LogP contribution in [0, 0.1) is 0 Å². The molecule has 18 heavy (non-hydrogen) atoms. The molecule has 1 fully saturated rings. The van der Waals surface area contributed by atoms with E-state index in [4.69, 9.17) is 23.2 Å². The first-order valence-corrected chi connectivity index (χ1v) is 6.37. The Morgan fingerprint density at radius 3 is 2.28 bits per heavy atom. The molecule has 0 aromatic heterocycles. The molecule has 0 bridgehead atoms. The van der Waals surface area contributed by atoms with Crippen LogP contribution in [-0.4, -0.2) is 28.2 Å². The molecule has 1 heterocycles. The number of carbonyl (C=O) groups is 2. The van der Waals surface area contributed by atoms with E-state index in [1.165, 1.54) is 25.3 Å². The number of thioether (sulfide) groups is 1. The van der Waals surface area contributed by atoms with E-state index in [1.807, 2.05) is 0 Å². The van der Waals surface area contributed by atoms with Crippen molar-refractivity contribution >= 4 is 52.2 Å². The number of benzene rings is 1. The van der Waals surface area contributed by atoms with Gasteiger partial charge in [0.2, 0.25) is 0 Å². The lowest BCUT2D eigenvalue weighted by molar-refractivity contribution is -0.121. The summed E-state index contributed by atoms with van der Waals surface area (Å²) in [4.78, 5) is 24.3. The Balaban J connectivity index is 2.40. The lowest BCUT2D eigenvalue weighted by Gasteiger charge is -2.03. The molecule has 0 radical (unpaired) electrons. The van der Waals surface area contributed by atoms with Gasteiger partial charge in [-0.3, -0.25) is 14.5 Å². The zero-order valence-corrected chi connectivity index (χ0v) is 11.4. The number of phenolic OH excluding ortho intramolecular Hbond substituents is 1. The molecular formula is C11H7Cl2NO3S. The summed E-state index contributed by atoms with van der Waals surface area (Å²) in [5.74, 6) is -0.579. The summed E-state index contributed by atoms with van der Waals surface area (Å²) in [6.07, 6.45) is 1.51. The molecule has 1 saturated heterocycles. The van der Waals surface area contributed by atoms with Crippen molar-refractivity contribution in [2.45, 2.75) is 0 Å². The Morgan fingerprint density at radius 1 is 1.28 bits per heavy atom. The van der Waals surface area contributed by atoms with Crippen molar-refractivity contribution in [3.8, 4) is 5.75 Å². The maximum atomic E-state index is 11.7. The Labute approximate surface area is 117 Å². The maximum Gasteiger partial charge on any atom is 0.293 e. The van der Waals surface area contributed by atoms with Crippen LogP contribution in [0.4, 0.5) is 4.79 Å². The van der Waals surface area contributed by atoms with Crippen molar-refractivity contribution in [3.63, 3.8) is 0 Å². The molecule has 0 aliphatic carbocycles. The number of phenols is 1. The van der Waals surface area contributed by atoms with Gasteiger partial charge in [-0.25, -0.2) is 0 Å². The highest BCUT2D eigenvalue weighted by atomic mass is 35.5. The van der Waals surface area contributed by atoms with Crippen LogP contribution in [0.5, 0.6) is 5.75 Å².